The van der Waals surface area contributed by atoms with Gasteiger partial charge >= 0.3 is 0 Å². The van der Waals surface area contributed by atoms with Crippen LogP contribution in [0.5, 0.6) is 5.88 Å². The Morgan fingerprint density at radius 1 is 1.36 bits per heavy atom. The summed E-state index contributed by atoms with van der Waals surface area (Å²) in [4.78, 5) is 18.4. The molecular formula is C16H21BrN2O2S. The second-order valence-electron chi connectivity index (χ2n) is 5.90. The Hall–Kier alpha value is -0.750. The minimum atomic E-state index is 0.0640. The first-order valence-electron chi connectivity index (χ1n) is 7.88. The highest BCUT2D eigenvalue weighted by Crippen LogP contribution is 2.29. The number of amides is 1. The third kappa shape index (κ3) is 4.38. The van der Waals surface area contributed by atoms with E-state index in [9.17, 15) is 4.79 Å². The summed E-state index contributed by atoms with van der Waals surface area (Å²) in [5.41, 5.74) is 0. The average molecular weight is 385 g/mol. The Bertz CT molecular complexity index is 505. The van der Waals surface area contributed by atoms with E-state index in [2.05, 4.69) is 20.9 Å². The van der Waals surface area contributed by atoms with E-state index < -0.39 is 0 Å². The van der Waals surface area contributed by atoms with Crippen LogP contribution in [-0.2, 0) is 4.79 Å². The number of ether oxygens (including phenoxy) is 1. The van der Waals surface area contributed by atoms with Crippen molar-refractivity contribution >= 4 is 33.6 Å². The Morgan fingerprint density at radius 3 is 2.91 bits per heavy atom. The Morgan fingerprint density at radius 2 is 2.18 bits per heavy atom. The van der Waals surface area contributed by atoms with Crippen molar-refractivity contribution < 1.29 is 9.53 Å². The number of thioether (sulfide) groups is 1. The predicted molar refractivity (Wildman–Crippen MR) is 92.3 cm³/mol. The molecule has 0 bridgehead atoms. The van der Waals surface area contributed by atoms with Crippen molar-refractivity contribution in [1.82, 2.24) is 9.88 Å². The van der Waals surface area contributed by atoms with Crippen molar-refractivity contribution in [2.24, 2.45) is 0 Å². The van der Waals surface area contributed by atoms with Gasteiger partial charge in [-0.15, -0.1) is 11.8 Å². The maximum atomic E-state index is 12.3. The second-order valence-corrected chi connectivity index (χ2v) is 8.10. The van der Waals surface area contributed by atoms with Gasteiger partial charge in [0, 0.05) is 35.0 Å². The van der Waals surface area contributed by atoms with Crippen LogP contribution in [0, 0.1) is 0 Å². The van der Waals surface area contributed by atoms with E-state index in [4.69, 9.17) is 4.74 Å². The molecule has 4 nitrogen and oxygen atoms in total. The van der Waals surface area contributed by atoms with Gasteiger partial charge in [-0.3, -0.25) is 4.79 Å². The molecule has 120 valence electrons. The lowest BCUT2D eigenvalue weighted by Crippen LogP contribution is -2.32. The van der Waals surface area contributed by atoms with Gasteiger partial charge in [-0.25, -0.2) is 4.98 Å². The molecule has 1 aromatic heterocycles. The fourth-order valence-corrected chi connectivity index (χ4v) is 4.45. The summed E-state index contributed by atoms with van der Waals surface area (Å²) in [5, 5.41) is 0.700. The maximum Gasteiger partial charge on any atom is 0.232 e. The highest BCUT2D eigenvalue weighted by atomic mass is 79.9. The summed E-state index contributed by atoms with van der Waals surface area (Å²) in [6, 6.07) is 3.77. The molecule has 0 aromatic carbocycles. The first kappa shape index (κ1) is 16.1. The van der Waals surface area contributed by atoms with Gasteiger partial charge in [0.15, 0.2) is 0 Å². The standard InChI is InChI=1S/C16H21BrN2O2S/c17-12-5-6-15(18-9-12)21-13-7-8-19(10-13)16(20)11-22-14-3-1-2-4-14/h5-6,9,13-14H,1-4,7-8,10-11H2. The molecule has 0 spiro atoms. The fraction of sp³-hybridized carbons (Fsp3) is 0.625. The van der Waals surface area contributed by atoms with Crippen LogP contribution in [0.1, 0.15) is 32.1 Å². The summed E-state index contributed by atoms with van der Waals surface area (Å²) in [6.07, 6.45) is 7.88. The van der Waals surface area contributed by atoms with E-state index >= 15 is 0 Å². The van der Waals surface area contributed by atoms with E-state index in [-0.39, 0.29) is 12.0 Å². The van der Waals surface area contributed by atoms with Crippen molar-refractivity contribution in [2.75, 3.05) is 18.8 Å². The van der Waals surface area contributed by atoms with Gasteiger partial charge in [0.25, 0.3) is 0 Å². The lowest BCUT2D eigenvalue weighted by atomic mass is 10.3. The second kappa shape index (κ2) is 7.68. The molecule has 22 heavy (non-hydrogen) atoms. The van der Waals surface area contributed by atoms with E-state index in [0.717, 1.165) is 17.4 Å². The minimum Gasteiger partial charge on any atom is -0.472 e. The third-order valence-electron chi connectivity index (χ3n) is 4.23. The van der Waals surface area contributed by atoms with Gasteiger partial charge in [0.1, 0.15) is 6.10 Å². The zero-order valence-electron chi connectivity index (χ0n) is 12.5. The summed E-state index contributed by atoms with van der Waals surface area (Å²) in [7, 11) is 0. The molecule has 0 N–H and O–H groups in total. The van der Waals surface area contributed by atoms with Crippen LogP contribution >= 0.6 is 27.7 Å². The molecule has 2 aliphatic rings. The van der Waals surface area contributed by atoms with Gasteiger partial charge in [0.05, 0.1) is 12.3 Å². The van der Waals surface area contributed by atoms with E-state index in [0.29, 0.717) is 23.4 Å². The zero-order chi connectivity index (χ0) is 15.4. The summed E-state index contributed by atoms with van der Waals surface area (Å²) in [6.45, 7) is 1.48. The topological polar surface area (TPSA) is 42.4 Å². The number of carbonyl (C=O) groups is 1. The van der Waals surface area contributed by atoms with Crippen LogP contribution in [0.15, 0.2) is 22.8 Å². The van der Waals surface area contributed by atoms with Crippen molar-refractivity contribution in [3.8, 4) is 5.88 Å². The van der Waals surface area contributed by atoms with Crippen LogP contribution in [0.2, 0.25) is 0 Å². The van der Waals surface area contributed by atoms with Crippen LogP contribution in [0.3, 0.4) is 0 Å². The minimum absolute atomic E-state index is 0.0640. The molecule has 1 atom stereocenters. The molecule has 1 amide bonds. The number of rotatable bonds is 5. The molecule has 0 radical (unpaired) electrons. The van der Waals surface area contributed by atoms with Gasteiger partial charge in [-0.05, 0) is 34.8 Å². The molecule has 1 saturated carbocycles. The quantitative estimate of drug-likeness (QED) is 0.778. The number of halogens is 1. The number of hydrogen-bond donors (Lipinski definition) is 0. The van der Waals surface area contributed by atoms with Crippen LogP contribution in [-0.4, -0.2) is 46.0 Å². The number of hydrogen-bond acceptors (Lipinski definition) is 4. The number of aromatic nitrogens is 1. The Kier molecular flexibility index (Phi) is 5.63. The zero-order valence-corrected chi connectivity index (χ0v) is 14.9. The van der Waals surface area contributed by atoms with Crippen molar-refractivity contribution in [2.45, 2.75) is 43.5 Å². The molecule has 1 saturated heterocycles. The summed E-state index contributed by atoms with van der Waals surface area (Å²) >= 11 is 5.19. The lowest BCUT2D eigenvalue weighted by molar-refractivity contribution is -0.127. The van der Waals surface area contributed by atoms with Gasteiger partial charge in [-0.1, -0.05) is 12.8 Å². The van der Waals surface area contributed by atoms with Gasteiger partial charge in [0.2, 0.25) is 11.8 Å². The first-order valence-corrected chi connectivity index (χ1v) is 9.72. The van der Waals surface area contributed by atoms with Crippen molar-refractivity contribution in [3.05, 3.63) is 22.8 Å². The number of likely N-dealkylation sites (tertiary alicyclic amines) is 1. The van der Waals surface area contributed by atoms with Crippen molar-refractivity contribution in [3.63, 3.8) is 0 Å². The van der Waals surface area contributed by atoms with Crippen molar-refractivity contribution in [1.29, 1.82) is 0 Å². The van der Waals surface area contributed by atoms with Crippen LogP contribution in [0.25, 0.3) is 0 Å². The SMILES string of the molecule is O=C(CSC1CCCC1)N1CCC(Oc2ccc(Br)cn2)C1. The average Bonchev–Trinajstić information content (AvgIpc) is 3.19. The van der Waals surface area contributed by atoms with Crippen LogP contribution < -0.4 is 4.74 Å². The largest absolute Gasteiger partial charge is 0.472 e. The first-order chi connectivity index (χ1) is 10.7. The molecule has 1 aromatic rings. The Labute approximate surface area is 144 Å². The fourth-order valence-electron chi connectivity index (χ4n) is 2.99. The van der Waals surface area contributed by atoms with E-state index in [1.54, 1.807) is 6.20 Å². The normalized spacial score (nSPS) is 22.2. The lowest BCUT2D eigenvalue weighted by Gasteiger charge is -2.18. The molecule has 1 aliphatic carbocycles. The predicted octanol–water partition coefficient (Wildman–Crippen LogP) is 3.50. The highest BCUT2D eigenvalue weighted by molar-refractivity contribution is 9.10. The van der Waals surface area contributed by atoms with Gasteiger partial charge in [-0.2, -0.15) is 0 Å². The third-order valence-corrected chi connectivity index (χ3v) is 6.06. The number of carbonyl (C=O) groups excluding carboxylic acids is 1. The van der Waals surface area contributed by atoms with Gasteiger partial charge < -0.3 is 9.64 Å². The van der Waals surface area contributed by atoms with Crippen LogP contribution in [0.4, 0.5) is 0 Å². The van der Waals surface area contributed by atoms with E-state index in [1.165, 1.54) is 25.7 Å². The maximum absolute atomic E-state index is 12.3. The molecular weight excluding hydrogens is 364 g/mol. The number of pyridine rings is 1. The Balaban J connectivity index is 1.42. The molecule has 2 fully saturated rings. The summed E-state index contributed by atoms with van der Waals surface area (Å²) in [5.74, 6) is 1.50. The molecule has 6 heteroatoms. The monoisotopic (exact) mass is 384 g/mol. The molecule has 1 unspecified atom stereocenters. The molecule has 3 rings (SSSR count). The molecule has 1 aliphatic heterocycles. The molecule has 2 heterocycles. The summed E-state index contributed by atoms with van der Waals surface area (Å²) < 4.78 is 6.79. The number of nitrogens with zero attached hydrogens (tertiary/aromatic N) is 2. The smallest absolute Gasteiger partial charge is 0.232 e. The van der Waals surface area contributed by atoms with E-state index in [1.807, 2.05) is 28.8 Å². The highest BCUT2D eigenvalue weighted by Gasteiger charge is 2.28.